The third-order valence-electron chi connectivity index (χ3n) is 4.79. The molecule has 2 heterocycles. The Labute approximate surface area is 157 Å². The van der Waals surface area contributed by atoms with Gasteiger partial charge in [-0.1, -0.05) is 29.8 Å². The molecule has 132 valence electrons. The first-order valence-electron chi connectivity index (χ1n) is 8.91. The third-order valence-corrected chi connectivity index (χ3v) is 5.96. The Morgan fingerprint density at radius 3 is 2.92 bits per heavy atom. The SMILES string of the molecule is Cc1cccc(CNC(=O)C2CCc3nc(-c4ccncc4)sc3C2)c1. The van der Waals surface area contributed by atoms with Crippen LogP contribution in [-0.2, 0) is 24.2 Å². The fourth-order valence-corrected chi connectivity index (χ4v) is 4.57. The van der Waals surface area contributed by atoms with Gasteiger partial charge >= 0.3 is 0 Å². The zero-order valence-electron chi connectivity index (χ0n) is 14.7. The van der Waals surface area contributed by atoms with Gasteiger partial charge < -0.3 is 5.32 Å². The number of carbonyl (C=O) groups excluding carboxylic acids is 1. The number of amides is 1. The lowest BCUT2D eigenvalue weighted by Gasteiger charge is -2.20. The summed E-state index contributed by atoms with van der Waals surface area (Å²) >= 11 is 1.71. The van der Waals surface area contributed by atoms with Crippen LogP contribution in [0.4, 0.5) is 0 Å². The Morgan fingerprint density at radius 1 is 1.27 bits per heavy atom. The van der Waals surface area contributed by atoms with Crippen LogP contribution in [0.5, 0.6) is 0 Å². The lowest BCUT2D eigenvalue weighted by atomic mass is 9.90. The fourth-order valence-electron chi connectivity index (χ4n) is 3.37. The van der Waals surface area contributed by atoms with Gasteiger partial charge in [0.05, 0.1) is 5.69 Å². The summed E-state index contributed by atoms with van der Waals surface area (Å²) in [5.41, 5.74) is 4.62. The summed E-state index contributed by atoms with van der Waals surface area (Å²) < 4.78 is 0. The number of aromatic nitrogens is 2. The van der Waals surface area contributed by atoms with Crippen molar-refractivity contribution in [3.63, 3.8) is 0 Å². The second-order valence-corrected chi connectivity index (χ2v) is 7.85. The van der Waals surface area contributed by atoms with Gasteiger partial charge in [0.25, 0.3) is 0 Å². The molecule has 0 radical (unpaired) electrons. The van der Waals surface area contributed by atoms with E-state index < -0.39 is 0 Å². The minimum Gasteiger partial charge on any atom is -0.352 e. The Balaban J connectivity index is 1.41. The van der Waals surface area contributed by atoms with Crippen LogP contribution in [0.3, 0.4) is 0 Å². The molecule has 26 heavy (non-hydrogen) atoms. The molecule has 0 saturated heterocycles. The van der Waals surface area contributed by atoms with Crippen molar-refractivity contribution in [2.75, 3.05) is 0 Å². The number of hydrogen-bond donors (Lipinski definition) is 1. The van der Waals surface area contributed by atoms with Crippen LogP contribution in [-0.4, -0.2) is 15.9 Å². The van der Waals surface area contributed by atoms with Crippen molar-refractivity contribution in [2.24, 2.45) is 5.92 Å². The first-order valence-corrected chi connectivity index (χ1v) is 9.73. The second-order valence-electron chi connectivity index (χ2n) is 6.77. The van der Waals surface area contributed by atoms with E-state index >= 15 is 0 Å². The molecule has 1 unspecified atom stereocenters. The normalized spacial score (nSPS) is 16.1. The number of fused-ring (bicyclic) bond motifs is 1. The minimum atomic E-state index is 0.0399. The van der Waals surface area contributed by atoms with E-state index in [1.54, 1.807) is 23.7 Å². The van der Waals surface area contributed by atoms with Gasteiger partial charge in [-0.15, -0.1) is 11.3 Å². The highest BCUT2D eigenvalue weighted by molar-refractivity contribution is 7.15. The zero-order chi connectivity index (χ0) is 17.9. The molecule has 1 amide bonds. The molecule has 2 aromatic heterocycles. The summed E-state index contributed by atoms with van der Waals surface area (Å²) in [7, 11) is 0. The molecule has 3 aromatic rings. The predicted octanol–water partition coefficient (Wildman–Crippen LogP) is 3.93. The summed E-state index contributed by atoms with van der Waals surface area (Å²) in [4.78, 5) is 22.7. The first-order chi connectivity index (χ1) is 12.7. The zero-order valence-corrected chi connectivity index (χ0v) is 15.6. The number of hydrogen-bond acceptors (Lipinski definition) is 4. The van der Waals surface area contributed by atoms with E-state index in [0.29, 0.717) is 6.54 Å². The maximum Gasteiger partial charge on any atom is 0.223 e. The van der Waals surface area contributed by atoms with Crippen molar-refractivity contribution in [2.45, 2.75) is 32.7 Å². The summed E-state index contributed by atoms with van der Waals surface area (Å²) in [5.74, 6) is 0.189. The number of aryl methyl sites for hydroxylation is 2. The Bertz CT molecular complexity index is 920. The average molecular weight is 363 g/mol. The molecule has 0 bridgehead atoms. The van der Waals surface area contributed by atoms with Gasteiger partial charge in [-0.3, -0.25) is 9.78 Å². The van der Waals surface area contributed by atoms with Crippen molar-refractivity contribution in [3.8, 4) is 10.6 Å². The second kappa shape index (κ2) is 7.38. The van der Waals surface area contributed by atoms with E-state index in [-0.39, 0.29) is 11.8 Å². The molecule has 1 aromatic carbocycles. The van der Waals surface area contributed by atoms with Gasteiger partial charge in [-0.25, -0.2) is 4.98 Å². The lowest BCUT2D eigenvalue weighted by molar-refractivity contribution is -0.125. The molecule has 1 N–H and O–H groups in total. The standard InChI is InChI=1S/C21H21N3OS/c1-14-3-2-4-15(11-14)13-23-20(25)17-5-6-18-19(12-17)26-21(24-18)16-7-9-22-10-8-16/h2-4,7-11,17H,5-6,12-13H2,1H3,(H,23,25). The topological polar surface area (TPSA) is 54.9 Å². The molecule has 5 heteroatoms. The molecule has 1 aliphatic rings. The minimum absolute atomic E-state index is 0.0399. The molecule has 0 spiro atoms. The summed E-state index contributed by atoms with van der Waals surface area (Å²) in [6.45, 7) is 2.66. The Hall–Kier alpha value is -2.53. The molecule has 0 fully saturated rings. The maximum absolute atomic E-state index is 12.6. The number of nitrogens with zero attached hydrogens (tertiary/aromatic N) is 2. The van der Waals surface area contributed by atoms with Gasteiger partial charge in [-0.2, -0.15) is 0 Å². The summed E-state index contributed by atoms with van der Waals surface area (Å²) in [6.07, 6.45) is 6.11. The fraction of sp³-hybridized carbons (Fsp3) is 0.286. The van der Waals surface area contributed by atoms with Gasteiger partial charge in [0, 0.05) is 35.3 Å². The van der Waals surface area contributed by atoms with Gasteiger partial charge in [0.2, 0.25) is 5.91 Å². The van der Waals surface area contributed by atoms with Crippen LogP contribution in [0, 0.1) is 12.8 Å². The van der Waals surface area contributed by atoms with Crippen LogP contribution >= 0.6 is 11.3 Å². The molecule has 4 nitrogen and oxygen atoms in total. The number of carbonyl (C=O) groups is 1. The molecule has 1 atom stereocenters. The van der Waals surface area contributed by atoms with Gasteiger partial charge in [0.1, 0.15) is 5.01 Å². The summed E-state index contributed by atoms with van der Waals surface area (Å²) in [6, 6.07) is 12.2. The van der Waals surface area contributed by atoms with Crippen LogP contribution in [0.15, 0.2) is 48.8 Å². The van der Waals surface area contributed by atoms with E-state index in [0.717, 1.165) is 41.1 Å². The van der Waals surface area contributed by atoms with Crippen molar-refractivity contribution >= 4 is 17.2 Å². The Kier molecular flexibility index (Phi) is 4.80. The van der Waals surface area contributed by atoms with E-state index in [2.05, 4.69) is 35.4 Å². The highest BCUT2D eigenvalue weighted by Gasteiger charge is 2.27. The van der Waals surface area contributed by atoms with Crippen LogP contribution in [0.1, 0.15) is 28.1 Å². The third kappa shape index (κ3) is 3.68. The van der Waals surface area contributed by atoms with Crippen molar-refractivity contribution in [3.05, 3.63) is 70.5 Å². The molecule has 0 saturated carbocycles. The van der Waals surface area contributed by atoms with E-state index in [9.17, 15) is 4.79 Å². The predicted molar refractivity (Wildman–Crippen MR) is 104 cm³/mol. The Morgan fingerprint density at radius 2 is 2.12 bits per heavy atom. The summed E-state index contributed by atoms with van der Waals surface area (Å²) in [5, 5.41) is 4.13. The van der Waals surface area contributed by atoms with Crippen molar-refractivity contribution < 1.29 is 4.79 Å². The molecule has 1 aliphatic carbocycles. The highest BCUT2D eigenvalue weighted by Crippen LogP contribution is 2.34. The number of rotatable bonds is 4. The highest BCUT2D eigenvalue weighted by atomic mass is 32.1. The first kappa shape index (κ1) is 16.9. The van der Waals surface area contributed by atoms with Gasteiger partial charge in [-0.05, 0) is 43.9 Å². The monoisotopic (exact) mass is 363 g/mol. The van der Waals surface area contributed by atoms with Crippen LogP contribution in [0.2, 0.25) is 0 Å². The average Bonchev–Trinajstić information content (AvgIpc) is 3.10. The van der Waals surface area contributed by atoms with E-state index in [1.807, 2.05) is 18.2 Å². The molecular formula is C21H21N3OS. The van der Waals surface area contributed by atoms with Crippen molar-refractivity contribution in [1.82, 2.24) is 15.3 Å². The number of benzene rings is 1. The van der Waals surface area contributed by atoms with Crippen molar-refractivity contribution in [1.29, 1.82) is 0 Å². The van der Waals surface area contributed by atoms with Gasteiger partial charge in [0.15, 0.2) is 0 Å². The molecule has 4 rings (SSSR count). The van der Waals surface area contributed by atoms with E-state index in [4.69, 9.17) is 4.98 Å². The van der Waals surface area contributed by atoms with Crippen LogP contribution < -0.4 is 5.32 Å². The van der Waals surface area contributed by atoms with E-state index in [1.165, 1.54) is 10.4 Å². The number of thiazole rings is 1. The quantitative estimate of drug-likeness (QED) is 0.764. The molecular weight excluding hydrogens is 342 g/mol. The maximum atomic E-state index is 12.6. The number of nitrogens with one attached hydrogen (secondary N) is 1. The molecule has 0 aliphatic heterocycles. The smallest absolute Gasteiger partial charge is 0.223 e. The van der Waals surface area contributed by atoms with Crippen LogP contribution in [0.25, 0.3) is 10.6 Å². The number of pyridine rings is 1. The largest absolute Gasteiger partial charge is 0.352 e. The lowest BCUT2D eigenvalue weighted by Crippen LogP contribution is -2.33.